The molecule has 4 heteroatoms. The molecule has 0 amide bonds. The molecule has 1 aromatic rings. The molecule has 0 aliphatic heterocycles. The van der Waals surface area contributed by atoms with Crippen molar-refractivity contribution >= 4 is 11.9 Å². The third-order valence-electron chi connectivity index (χ3n) is 0.999. The Bertz CT molecular complexity index is 239. The van der Waals surface area contributed by atoms with E-state index in [0.717, 1.165) is 6.07 Å². The summed E-state index contributed by atoms with van der Waals surface area (Å²) in [6, 6.07) is 3.51. The molecule has 0 radical (unpaired) electrons. The van der Waals surface area contributed by atoms with Crippen molar-refractivity contribution < 1.29 is 13.1 Å². The van der Waals surface area contributed by atoms with E-state index in [9.17, 15) is 8.78 Å². The first-order chi connectivity index (χ1) is 4.75. The van der Waals surface area contributed by atoms with Crippen molar-refractivity contribution in [3.63, 3.8) is 0 Å². The van der Waals surface area contributed by atoms with Gasteiger partial charge in [0.05, 0.1) is 0 Å². The van der Waals surface area contributed by atoms with Crippen molar-refractivity contribution in [1.82, 2.24) is 0 Å². The molecular formula is C6H3ClF2O. The summed E-state index contributed by atoms with van der Waals surface area (Å²) in [5.41, 5.74) is 0. The smallest absolute Gasteiger partial charge is 0.202 e. The first-order valence-electron chi connectivity index (χ1n) is 2.48. The summed E-state index contributed by atoms with van der Waals surface area (Å²) in [5.74, 6) is -2.35. The van der Waals surface area contributed by atoms with E-state index in [0.29, 0.717) is 0 Å². The van der Waals surface area contributed by atoms with Gasteiger partial charge in [-0.05, 0) is 12.1 Å². The highest BCUT2D eigenvalue weighted by molar-refractivity contribution is 6.09. The van der Waals surface area contributed by atoms with E-state index in [2.05, 4.69) is 4.29 Å². The zero-order valence-corrected chi connectivity index (χ0v) is 5.53. The van der Waals surface area contributed by atoms with Crippen molar-refractivity contribution in [2.24, 2.45) is 0 Å². The van der Waals surface area contributed by atoms with E-state index in [4.69, 9.17) is 11.9 Å². The molecule has 0 aliphatic rings. The van der Waals surface area contributed by atoms with Gasteiger partial charge in [0, 0.05) is 0 Å². The van der Waals surface area contributed by atoms with Crippen LogP contribution in [0.25, 0.3) is 0 Å². The highest BCUT2D eigenvalue weighted by Crippen LogP contribution is 2.19. The molecule has 0 spiro atoms. The molecule has 0 aliphatic carbocycles. The van der Waals surface area contributed by atoms with Gasteiger partial charge in [0.25, 0.3) is 0 Å². The van der Waals surface area contributed by atoms with E-state index < -0.39 is 11.6 Å². The van der Waals surface area contributed by atoms with Crippen LogP contribution in [-0.4, -0.2) is 0 Å². The molecule has 0 saturated heterocycles. The third-order valence-corrected chi connectivity index (χ3v) is 1.17. The van der Waals surface area contributed by atoms with Gasteiger partial charge in [0.2, 0.25) is 5.82 Å². The standard InChI is InChI=1S/C6H3ClF2O/c7-10-5-3-1-2-4(8)6(5)9/h1-3H. The molecule has 0 bridgehead atoms. The van der Waals surface area contributed by atoms with Gasteiger partial charge in [-0.3, -0.25) is 0 Å². The summed E-state index contributed by atoms with van der Waals surface area (Å²) in [5, 5.41) is 0. The van der Waals surface area contributed by atoms with E-state index in [1.54, 1.807) is 0 Å². The fraction of sp³-hybridized carbons (Fsp3) is 0. The normalized spacial score (nSPS) is 9.50. The van der Waals surface area contributed by atoms with Gasteiger partial charge in [0.15, 0.2) is 11.6 Å². The molecule has 0 N–H and O–H groups in total. The van der Waals surface area contributed by atoms with Crippen LogP contribution in [0.15, 0.2) is 18.2 Å². The average Bonchev–Trinajstić information content (AvgIpc) is 1.95. The predicted molar refractivity (Wildman–Crippen MR) is 32.8 cm³/mol. The molecule has 54 valence electrons. The second-order valence-corrected chi connectivity index (χ2v) is 1.78. The molecule has 1 nitrogen and oxygen atoms in total. The van der Waals surface area contributed by atoms with Crippen molar-refractivity contribution in [3.05, 3.63) is 29.8 Å². The Hall–Kier alpha value is -0.830. The molecule has 0 unspecified atom stereocenters. The zero-order valence-electron chi connectivity index (χ0n) is 4.77. The molecular weight excluding hydrogens is 162 g/mol. The lowest BCUT2D eigenvalue weighted by Gasteiger charge is -1.96. The lowest BCUT2D eigenvalue weighted by molar-refractivity contribution is 0.466. The minimum absolute atomic E-state index is 0.304. The quantitative estimate of drug-likeness (QED) is 0.620. The van der Waals surface area contributed by atoms with Crippen LogP contribution in [0.2, 0.25) is 0 Å². The lowest BCUT2D eigenvalue weighted by Crippen LogP contribution is -1.86. The van der Waals surface area contributed by atoms with Gasteiger partial charge < -0.3 is 4.29 Å². The fourth-order valence-corrected chi connectivity index (χ4v) is 0.663. The van der Waals surface area contributed by atoms with E-state index >= 15 is 0 Å². The monoisotopic (exact) mass is 164 g/mol. The Kier molecular flexibility index (Phi) is 2.06. The van der Waals surface area contributed by atoms with Crippen LogP contribution in [0.5, 0.6) is 5.75 Å². The number of benzene rings is 1. The Balaban J connectivity index is 3.14. The summed E-state index contributed by atoms with van der Waals surface area (Å²) in [7, 11) is 0. The minimum Gasteiger partial charge on any atom is -0.382 e. The Morgan fingerprint density at radius 3 is 2.50 bits per heavy atom. The fourth-order valence-electron chi connectivity index (χ4n) is 0.544. The van der Waals surface area contributed by atoms with Crippen molar-refractivity contribution in [3.8, 4) is 5.75 Å². The molecule has 0 saturated carbocycles. The van der Waals surface area contributed by atoms with Crippen molar-refractivity contribution in [2.45, 2.75) is 0 Å². The number of rotatable bonds is 1. The van der Waals surface area contributed by atoms with Crippen LogP contribution in [-0.2, 0) is 0 Å². The second-order valence-electron chi connectivity index (χ2n) is 1.63. The minimum atomic E-state index is -1.07. The summed E-state index contributed by atoms with van der Waals surface area (Å²) in [6.45, 7) is 0. The number of halogens is 3. The van der Waals surface area contributed by atoms with Gasteiger partial charge in [-0.2, -0.15) is 4.39 Å². The van der Waals surface area contributed by atoms with Gasteiger partial charge in [-0.1, -0.05) is 6.07 Å². The zero-order chi connectivity index (χ0) is 7.56. The SMILES string of the molecule is Fc1cccc(OCl)c1F. The van der Waals surface area contributed by atoms with E-state index in [1.807, 2.05) is 0 Å². The lowest BCUT2D eigenvalue weighted by atomic mass is 10.3. The maximum absolute atomic E-state index is 12.4. The largest absolute Gasteiger partial charge is 0.382 e. The summed E-state index contributed by atoms with van der Waals surface area (Å²) >= 11 is 4.80. The molecule has 0 heterocycles. The molecule has 1 rings (SSSR count). The first kappa shape index (κ1) is 7.28. The van der Waals surface area contributed by atoms with Crippen LogP contribution in [0, 0.1) is 11.6 Å². The molecule has 1 aromatic carbocycles. The first-order valence-corrected chi connectivity index (χ1v) is 2.79. The van der Waals surface area contributed by atoms with Crippen LogP contribution >= 0.6 is 11.9 Å². The predicted octanol–water partition coefficient (Wildman–Crippen LogP) is 2.50. The molecule has 0 aromatic heterocycles. The summed E-state index contributed by atoms with van der Waals surface area (Å²) in [4.78, 5) is 0. The van der Waals surface area contributed by atoms with E-state index in [-0.39, 0.29) is 5.75 Å². The molecule has 0 fully saturated rings. The highest BCUT2D eigenvalue weighted by atomic mass is 35.5. The third kappa shape index (κ3) is 1.19. The van der Waals surface area contributed by atoms with E-state index in [1.165, 1.54) is 12.1 Å². The van der Waals surface area contributed by atoms with Crippen molar-refractivity contribution in [2.75, 3.05) is 0 Å². The summed E-state index contributed by atoms with van der Waals surface area (Å²) in [6.07, 6.45) is 0. The van der Waals surface area contributed by atoms with Crippen LogP contribution in [0.3, 0.4) is 0 Å². The average molecular weight is 165 g/mol. The van der Waals surface area contributed by atoms with Crippen LogP contribution in [0.1, 0.15) is 0 Å². The number of hydrogen-bond acceptors (Lipinski definition) is 1. The van der Waals surface area contributed by atoms with Gasteiger partial charge in [-0.25, -0.2) is 4.39 Å². The van der Waals surface area contributed by atoms with Gasteiger partial charge in [-0.15, -0.1) is 0 Å². The molecule has 0 atom stereocenters. The second kappa shape index (κ2) is 2.84. The number of hydrogen-bond donors (Lipinski definition) is 0. The van der Waals surface area contributed by atoms with Crippen LogP contribution < -0.4 is 4.29 Å². The summed E-state index contributed by atoms with van der Waals surface area (Å²) < 4.78 is 28.7. The maximum Gasteiger partial charge on any atom is 0.202 e. The Morgan fingerprint density at radius 2 is 2.00 bits per heavy atom. The van der Waals surface area contributed by atoms with Gasteiger partial charge >= 0.3 is 0 Å². The highest BCUT2D eigenvalue weighted by Gasteiger charge is 2.06. The Labute approximate surface area is 61.4 Å². The maximum atomic E-state index is 12.4. The molecule has 10 heavy (non-hydrogen) atoms. The van der Waals surface area contributed by atoms with Crippen LogP contribution in [0.4, 0.5) is 8.78 Å². The van der Waals surface area contributed by atoms with Gasteiger partial charge in [0.1, 0.15) is 11.9 Å². The topological polar surface area (TPSA) is 9.23 Å². The van der Waals surface area contributed by atoms with Crippen molar-refractivity contribution in [1.29, 1.82) is 0 Å². The Morgan fingerprint density at radius 1 is 1.30 bits per heavy atom.